The third-order valence-corrected chi connectivity index (χ3v) is 4.42. The summed E-state index contributed by atoms with van der Waals surface area (Å²) < 4.78 is 5.53. The Morgan fingerprint density at radius 2 is 1.81 bits per heavy atom. The molecule has 0 fully saturated rings. The highest BCUT2D eigenvalue weighted by Gasteiger charge is 2.30. The summed E-state index contributed by atoms with van der Waals surface area (Å²) in [5.41, 5.74) is 9.93. The minimum Gasteiger partial charge on any atom is -0.496 e. The molecule has 0 aliphatic rings. The molecule has 2 nitrogen and oxygen atoms in total. The van der Waals surface area contributed by atoms with Crippen molar-refractivity contribution in [2.45, 2.75) is 32.1 Å². The Morgan fingerprint density at radius 1 is 1.10 bits per heavy atom. The van der Waals surface area contributed by atoms with Crippen molar-refractivity contribution in [3.8, 4) is 5.75 Å². The van der Waals surface area contributed by atoms with E-state index in [-0.39, 0.29) is 5.41 Å². The van der Waals surface area contributed by atoms with Crippen LogP contribution in [-0.4, -0.2) is 13.7 Å². The number of hydrogen-bond donors (Lipinski definition) is 1. The average molecular weight is 283 g/mol. The maximum Gasteiger partial charge on any atom is 0.122 e. The Bertz CT molecular complexity index is 573. The van der Waals surface area contributed by atoms with Crippen molar-refractivity contribution < 1.29 is 4.74 Å². The Labute approximate surface area is 127 Å². The van der Waals surface area contributed by atoms with E-state index in [1.165, 1.54) is 16.7 Å². The van der Waals surface area contributed by atoms with Crippen LogP contribution in [0.2, 0.25) is 0 Å². The molecule has 0 amide bonds. The number of benzene rings is 2. The summed E-state index contributed by atoms with van der Waals surface area (Å²) in [6.07, 6.45) is 1.90. The van der Waals surface area contributed by atoms with Gasteiger partial charge in [-0.25, -0.2) is 0 Å². The van der Waals surface area contributed by atoms with E-state index in [2.05, 4.69) is 50.2 Å². The van der Waals surface area contributed by atoms with Gasteiger partial charge in [0.25, 0.3) is 0 Å². The standard InChI is InChI=1S/C19H25NO/c1-4-19(14-20,17-8-6-5-7-9-17)13-16-12-15(2)10-11-18(16)21-3/h5-12H,4,13-14,20H2,1-3H3. The number of aryl methyl sites for hydroxylation is 1. The van der Waals surface area contributed by atoms with Gasteiger partial charge >= 0.3 is 0 Å². The molecule has 1 unspecified atom stereocenters. The second kappa shape index (κ2) is 6.77. The second-order valence-corrected chi connectivity index (χ2v) is 5.70. The number of hydrogen-bond acceptors (Lipinski definition) is 2. The van der Waals surface area contributed by atoms with E-state index < -0.39 is 0 Å². The summed E-state index contributed by atoms with van der Waals surface area (Å²) in [5.74, 6) is 0.947. The van der Waals surface area contributed by atoms with Gasteiger partial charge in [-0.15, -0.1) is 0 Å². The van der Waals surface area contributed by atoms with Gasteiger partial charge in [-0.1, -0.05) is 55.0 Å². The molecule has 0 aromatic heterocycles. The van der Waals surface area contributed by atoms with E-state index in [9.17, 15) is 0 Å². The van der Waals surface area contributed by atoms with Gasteiger partial charge in [0, 0.05) is 12.0 Å². The highest BCUT2D eigenvalue weighted by molar-refractivity contribution is 5.40. The maximum atomic E-state index is 6.19. The van der Waals surface area contributed by atoms with Crippen LogP contribution in [0, 0.1) is 6.92 Å². The number of rotatable bonds is 6. The second-order valence-electron chi connectivity index (χ2n) is 5.70. The summed E-state index contributed by atoms with van der Waals surface area (Å²) >= 11 is 0. The zero-order valence-electron chi connectivity index (χ0n) is 13.2. The van der Waals surface area contributed by atoms with Crippen molar-refractivity contribution in [3.63, 3.8) is 0 Å². The molecule has 2 N–H and O–H groups in total. The number of methoxy groups -OCH3 is 1. The Morgan fingerprint density at radius 3 is 2.38 bits per heavy atom. The van der Waals surface area contributed by atoms with E-state index in [1.54, 1.807) is 7.11 Å². The highest BCUT2D eigenvalue weighted by atomic mass is 16.5. The molecule has 0 saturated heterocycles. The monoisotopic (exact) mass is 283 g/mol. The first kappa shape index (κ1) is 15.6. The first-order valence-corrected chi connectivity index (χ1v) is 7.54. The molecule has 0 bridgehead atoms. The minimum absolute atomic E-state index is 0.0394. The molecule has 1 atom stereocenters. The fraction of sp³-hybridized carbons (Fsp3) is 0.368. The van der Waals surface area contributed by atoms with E-state index in [1.807, 2.05) is 12.1 Å². The summed E-state index contributed by atoms with van der Waals surface area (Å²) in [7, 11) is 1.73. The molecule has 21 heavy (non-hydrogen) atoms. The summed E-state index contributed by atoms with van der Waals surface area (Å²) in [5, 5.41) is 0. The molecule has 112 valence electrons. The van der Waals surface area contributed by atoms with Crippen LogP contribution in [0.15, 0.2) is 48.5 Å². The molecule has 0 spiro atoms. The van der Waals surface area contributed by atoms with Crippen LogP contribution in [0.4, 0.5) is 0 Å². The maximum absolute atomic E-state index is 6.19. The van der Waals surface area contributed by atoms with Crippen molar-refractivity contribution in [1.82, 2.24) is 0 Å². The number of nitrogens with two attached hydrogens (primary N) is 1. The van der Waals surface area contributed by atoms with Crippen molar-refractivity contribution in [1.29, 1.82) is 0 Å². The van der Waals surface area contributed by atoms with Crippen molar-refractivity contribution in [2.75, 3.05) is 13.7 Å². The quantitative estimate of drug-likeness (QED) is 0.874. The van der Waals surface area contributed by atoms with Crippen molar-refractivity contribution in [3.05, 3.63) is 65.2 Å². The van der Waals surface area contributed by atoms with Gasteiger partial charge in [-0.3, -0.25) is 0 Å². The molecule has 0 aliphatic carbocycles. The van der Waals surface area contributed by atoms with Gasteiger partial charge < -0.3 is 10.5 Å². The normalized spacial score (nSPS) is 13.7. The third-order valence-electron chi connectivity index (χ3n) is 4.42. The molecule has 2 aromatic rings. The highest BCUT2D eigenvalue weighted by Crippen LogP contribution is 2.34. The Kier molecular flexibility index (Phi) is 5.03. The van der Waals surface area contributed by atoms with E-state index in [0.717, 1.165) is 18.6 Å². The van der Waals surface area contributed by atoms with E-state index in [4.69, 9.17) is 10.5 Å². The Balaban J connectivity index is 2.44. The van der Waals surface area contributed by atoms with Crippen LogP contribution in [-0.2, 0) is 11.8 Å². The van der Waals surface area contributed by atoms with Gasteiger partial charge in [-0.05, 0) is 37.0 Å². The summed E-state index contributed by atoms with van der Waals surface area (Å²) in [6.45, 7) is 4.95. The smallest absolute Gasteiger partial charge is 0.122 e. The van der Waals surface area contributed by atoms with Gasteiger partial charge in [0.1, 0.15) is 5.75 Å². The van der Waals surface area contributed by atoms with Crippen LogP contribution in [0.5, 0.6) is 5.75 Å². The zero-order chi connectivity index (χ0) is 15.3. The van der Waals surface area contributed by atoms with Crippen molar-refractivity contribution in [2.24, 2.45) is 5.73 Å². The molecule has 2 aromatic carbocycles. The summed E-state index contributed by atoms with van der Waals surface area (Å²) in [6, 6.07) is 16.9. The van der Waals surface area contributed by atoms with Gasteiger partial charge in [0.05, 0.1) is 7.11 Å². The van der Waals surface area contributed by atoms with Crippen LogP contribution in [0.25, 0.3) is 0 Å². The molecule has 0 saturated carbocycles. The SMILES string of the molecule is CCC(CN)(Cc1cc(C)ccc1OC)c1ccccc1. The lowest BCUT2D eigenvalue weighted by molar-refractivity contribution is 0.384. The van der Waals surface area contributed by atoms with Crippen LogP contribution in [0.1, 0.15) is 30.0 Å². The molecule has 0 radical (unpaired) electrons. The summed E-state index contributed by atoms with van der Waals surface area (Å²) in [4.78, 5) is 0. The molecule has 0 heterocycles. The van der Waals surface area contributed by atoms with E-state index in [0.29, 0.717) is 6.54 Å². The molecular weight excluding hydrogens is 258 g/mol. The van der Waals surface area contributed by atoms with E-state index >= 15 is 0 Å². The van der Waals surface area contributed by atoms with Crippen LogP contribution < -0.4 is 10.5 Å². The Hall–Kier alpha value is -1.80. The fourth-order valence-electron chi connectivity index (χ4n) is 2.97. The zero-order valence-corrected chi connectivity index (χ0v) is 13.2. The van der Waals surface area contributed by atoms with Crippen LogP contribution in [0.3, 0.4) is 0 Å². The largest absolute Gasteiger partial charge is 0.496 e. The van der Waals surface area contributed by atoms with Crippen LogP contribution >= 0.6 is 0 Å². The van der Waals surface area contributed by atoms with Gasteiger partial charge in [-0.2, -0.15) is 0 Å². The molecule has 0 aliphatic heterocycles. The average Bonchev–Trinajstić information content (AvgIpc) is 2.54. The lowest BCUT2D eigenvalue weighted by atomic mass is 9.73. The van der Waals surface area contributed by atoms with Gasteiger partial charge in [0.2, 0.25) is 0 Å². The molecule has 2 rings (SSSR count). The first-order chi connectivity index (χ1) is 10.1. The lowest BCUT2D eigenvalue weighted by Crippen LogP contribution is -2.37. The molecule has 2 heteroatoms. The fourth-order valence-corrected chi connectivity index (χ4v) is 2.97. The topological polar surface area (TPSA) is 35.2 Å². The predicted octanol–water partition coefficient (Wildman–Crippen LogP) is 3.85. The number of ether oxygens (including phenoxy) is 1. The predicted molar refractivity (Wildman–Crippen MR) is 88.9 cm³/mol. The lowest BCUT2D eigenvalue weighted by Gasteiger charge is -2.33. The minimum atomic E-state index is -0.0394. The van der Waals surface area contributed by atoms with Crippen molar-refractivity contribution >= 4 is 0 Å². The molecular formula is C19H25NO. The van der Waals surface area contributed by atoms with Gasteiger partial charge in [0.15, 0.2) is 0 Å². The third kappa shape index (κ3) is 3.27. The first-order valence-electron chi connectivity index (χ1n) is 7.54.